The van der Waals surface area contributed by atoms with Gasteiger partial charge in [0.1, 0.15) is 0 Å². The fourth-order valence-electron chi connectivity index (χ4n) is 2.61. The van der Waals surface area contributed by atoms with E-state index in [2.05, 4.69) is 22.6 Å². The lowest BCUT2D eigenvalue weighted by molar-refractivity contribution is 0.248. The molecule has 2 rings (SSSR count). The molecule has 1 aliphatic heterocycles. The second-order valence-electron chi connectivity index (χ2n) is 5.30. The summed E-state index contributed by atoms with van der Waals surface area (Å²) in [7, 11) is 3.50. The maximum absolute atomic E-state index is 13.3. The van der Waals surface area contributed by atoms with Crippen molar-refractivity contribution in [3.05, 3.63) is 24.0 Å². The third-order valence-corrected chi connectivity index (χ3v) is 3.84. The molecule has 1 aromatic carbocycles. The summed E-state index contributed by atoms with van der Waals surface area (Å²) < 4.78 is 18.1. The fraction of sp³-hybridized carbons (Fsp3) is 0.533. The summed E-state index contributed by atoms with van der Waals surface area (Å²) in [6, 6.07) is 4.49. The van der Waals surface area contributed by atoms with Crippen molar-refractivity contribution in [3.8, 4) is 5.75 Å². The lowest BCUT2D eigenvalue weighted by atomic mass is 10.1. The van der Waals surface area contributed by atoms with Crippen LogP contribution in [0.2, 0.25) is 0 Å². The molecule has 5 nitrogen and oxygen atoms in total. The molecule has 0 saturated carbocycles. The number of likely N-dealkylation sites (tertiary alicyclic amines) is 1. The van der Waals surface area contributed by atoms with E-state index in [1.165, 1.54) is 38.2 Å². The number of halogens is 1. The number of ether oxygens (including phenoxy) is 1. The molecule has 1 fully saturated rings. The number of hydrogen-bond donors (Lipinski definition) is 2. The van der Waals surface area contributed by atoms with Crippen LogP contribution >= 0.6 is 0 Å². The summed E-state index contributed by atoms with van der Waals surface area (Å²) in [5.41, 5.74) is 0.503. The van der Waals surface area contributed by atoms with Gasteiger partial charge in [0.05, 0.1) is 7.11 Å². The van der Waals surface area contributed by atoms with Crippen LogP contribution < -0.4 is 15.4 Å². The van der Waals surface area contributed by atoms with Gasteiger partial charge in [-0.2, -0.15) is 0 Å². The van der Waals surface area contributed by atoms with Crippen molar-refractivity contribution in [1.82, 2.24) is 10.2 Å². The van der Waals surface area contributed by atoms with Crippen molar-refractivity contribution in [2.45, 2.75) is 25.3 Å². The van der Waals surface area contributed by atoms with E-state index in [4.69, 9.17) is 4.74 Å². The summed E-state index contributed by atoms with van der Waals surface area (Å²) in [6.07, 6.45) is 3.36. The molecule has 0 aliphatic carbocycles. The first-order valence-corrected chi connectivity index (χ1v) is 7.19. The number of anilines is 1. The number of carbonyl (C=O) groups excluding carboxylic acids is 1. The predicted molar refractivity (Wildman–Crippen MR) is 80.2 cm³/mol. The van der Waals surface area contributed by atoms with Crippen molar-refractivity contribution >= 4 is 11.7 Å². The highest BCUT2D eigenvalue weighted by molar-refractivity contribution is 5.89. The maximum Gasteiger partial charge on any atom is 0.319 e. The van der Waals surface area contributed by atoms with Crippen molar-refractivity contribution in [2.75, 3.05) is 32.6 Å². The van der Waals surface area contributed by atoms with Gasteiger partial charge in [-0.25, -0.2) is 9.18 Å². The molecule has 6 heteroatoms. The Morgan fingerprint density at radius 3 is 3.00 bits per heavy atom. The molecule has 0 bridgehead atoms. The number of methoxy groups -OCH3 is 1. The monoisotopic (exact) mass is 295 g/mol. The Hall–Kier alpha value is -1.82. The summed E-state index contributed by atoms with van der Waals surface area (Å²) in [4.78, 5) is 14.1. The summed E-state index contributed by atoms with van der Waals surface area (Å²) >= 11 is 0. The third-order valence-electron chi connectivity index (χ3n) is 3.84. The van der Waals surface area contributed by atoms with Gasteiger partial charge in [0.2, 0.25) is 0 Å². The largest absolute Gasteiger partial charge is 0.494 e. The number of nitrogens with zero attached hydrogens (tertiary/aromatic N) is 1. The molecular weight excluding hydrogens is 273 g/mol. The average Bonchev–Trinajstić information content (AvgIpc) is 2.86. The van der Waals surface area contributed by atoms with Gasteiger partial charge in [0.15, 0.2) is 11.6 Å². The highest BCUT2D eigenvalue weighted by atomic mass is 19.1. The van der Waals surface area contributed by atoms with Crippen LogP contribution in [0, 0.1) is 5.82 Å². The molecule has 1 saturated heterocycles. The molecule has 1 unspecified atom stereocenters. The Morgan fingerprint density at radius 2 is 2.33 bits per heavy atom. The van der Waals surface area contributed by atoms with E-state index in [1.807, 2.05) is 0 Å². The minimum atomic E-state index is -0.451. The first-order chi connectivity index (χ1) is 10.1. The van der Waals surface area contributed by atoms with Gasteiger partial charge in [-0.1, -0.05) is 0 Å². The van der Waals surface area contributed by atoms with Gasteiger partial charge < -0.3 is 20.3 Å². The van der Waals surface area contributed by atoms with Crippen molar-refractivity contribution in [1.29, 1.82) is 0 Å². The number of amides is 2. The lowest BCUT2D eigenvalue weighted by Gasteiger charge is -2.19. The second-order valence-corrected chi connectivity index (χ2v) is 5.30. The number of nitrogens with one attached hydrogen (secondary N) is 2. The van der Waals surface area contributed by atoms with Crippen LogP contribution in [0.3, 0.4) is 0 Å². The van der Waals surface area contributed by atoms with Crippen LogP contribution in [0.25, 0.3) is 0 Å². The predicted octanol–water partition coefficient (Wildman–Crippen LogP) is 2.44. The Morgan fingerprint density at radius 1 is 1.52 bits per heavy atom. The SMILES string of the molecule is COc1cc(NC(=O)NCCC2CCCN2C)ccc1F. The van der Waals surface area contributed by atoms with E-state index in [1.54, 1.807) is 0 Å². The zero-order chi connectivity index (χ0) is 15.2. The molecule has 0 aromatic heterocycles. The molecule has 0 spiro atoms. The quantitative estimate of drug-likeness (QED) is 0.877. The van der Waals surface area contributed by atoms with Crippen LogP contribution in [0.4, 0.5) is 14.9 Å². The molecule has 21 heavy (non-hydrogen) atoms. The van der Waals surface area contributed by atoms with E-state index < -0.39 is 5.82 Å². The van der Waals surface area contributed by atoms with Gasteiger partial charge in [0, 0.05) is 24.3 Å². The molecule has 1 aliphatic rings. The molecule has 0 radical (unpaired) electrons. The van der Waals surface area contributed by atoms with E-state index >= 15 is 0 Å². The van der Waals surface area contributed by atoms with E-state index in [-0.39, 0.29) is 11.8 Å². The topological polar surface area (TPSA) is 53.6 Å². The molecular formula is C15H22FN3O2. The number of hydrogen-bond acceptors (Lipinski definition) is 3. The fourth-order valence-corrected chi connectivity index (χ4v) is 2.61. The van der Waals surface area contributed by atoms with Gasteiger partial charge in [-0.05, 0) is 45.0 Å². The van der Waals surface area contributed by atoms with Crippen LogP contribution in [0.1, 0.15) is 19.3 Å². The molecule has 1 heterocycles. The molecule has 116 valence electrons. The van der Waals surface area contributed by atoms with Gasteiger partial charge in [-0.15, -0.1) is 0 Å². The van der Waals surface area contributed by atoms with E-state index in [9.17, 15) is 9.18 Å². The van der Waals surface area contributed by atoms with Crippen LogP contribution in [0.5, 0.6) is 5.75 Å². The highest BCUT2D eigenvalue weighted by Crippen LogP contribution is 2.21. The smallest absolute Gasteiger partial charge is 0.319 e. The lowest BCUT2D eigenvalue weighted by Crippen LogP contribution is -2.34. The number of carbonyl (C=O) groups is 1. The van der Waals surface area contributed by atoms with Crippen molar-refractivity contribution in [3.63, 3.8) is 0 Å². The zero-order valence-corrected chi connectivity index (χ0v) is 12.5. The third kappa shape index (κ3) is 4.32. The standard InChI is InChI=1S/C15H22FN3O2/c1-19-9-3-4-12(19)7-8-17-15(20)18-11-5-6-13(16)14(10-11)21-2/h5-6,10,12H,3-4,7-9H2,1-2H3,(H2,17,18,20). The van der Waals surface area contributed by atoms with Crippen molar-refractivity contribution in [2.24, 2.45) is 0 Å². The number of urea groups is 1. The summed E-state index contributed by atoms with van der Waals surface area (Å²) in [5.74, 6) is -0.340. The highest BCUT2D eigenvalue weighted by Gasteiger charge is 2.20. The first-order valence-electron chi connectivity index (χ1n) is 7.19. The summed E-state index contributed by atoms with van der Waals surface area (Å²) in [6.45, 7) is 1.76. The van der Waals surface area contributed by atoms with Crippen LogP contribution in [-0.4, -0.2) is 44.2 Å². The minimum absolute atomic E-state index is 0.111. The Bertz CT molecular complexity index is 496. The number of benzene rings is 1. The van der Waals surface area contributed by atoms with Gasteiger partial charge in [-0.3, -0.25) is 0 Å². The molecule has 1 aromatic rings. The van der Waals surface area contributed by atoms with Crippen LogP contribution in [0.15, 0.2) is 18.2 Å². The molecule has 2 N–H and O–H groups in total. The van der Waals surface area contributed by atoms with E-state index in [0.29, 0.717) is 18.3 Å². The maximum atomic E-state index is 13.3. The van der Waals surface area contributed by atoms with Gasteiger partial charge >= 0.3 is 6.03 Å². The van der Waals surface area contributed by atoms with Crippen LogP contribution in [-0.2, 0) is 0 Å². The van der Waals surface area contributed by atoms with E-state index in [0.717, 1.165) is 13.0 Å². The summed E-state index contributed by atoms with van der Waals surface area (Å²) in [5, 5.41) is 5.49. The minimum Gasteiger partial charge on any atom is -0.494 e. The normalized spacial score (nSPS) is 18.5. The second kappa shape index (κ2) is 7.26. The van der Waals surface area contributed by atoms with Crippen molar-refractivity contribution < 1.29 is 13.9 Å². The molecule has 1 atom stereocenters. The first kappa shape index (κ1) is 15.6. The Labute approximate surface area is 124 Å². The number of rotatable bonds is 5. The molecule has 2 amide bonds. The Balaban J connectivity index is 1.76. The Kier molecular flexibility index (Phi) is 5.38. The van der Waals surface area contributed by atoms with Gasteiger partial charge in [0.25, 0.3) is 0 Å². The zero-order valence-electron chi connectivity index (χ0n) is 12.5. The average molecular weight is 295 g/mol.